The van der Waals surface area contributed by atoms with Crippen LogP contribution in [0.4, 0.5) is 5.69 Å². The molecule has 2 aromatic rings. The highest BCUT2D eigenvalue weighted by Crippen LogP contribution is 2.10. The summed E-state index contributed by atoms with van der Waals surface area (Å²) < 4.78 is 30.2. The van der Waals surface area contributed by atoms with Crippen LogP contribution in [0.2, 0.25) is 0 Å². The molecule has 1 N–H and O–H groups in total. The first-order valence-electron chi connectivity index (χ1n) is 5.72. The molecule has 0 bridgehead atoms. The van der Waals surface area contributed by atoms with Gasteiger partial charge in [0.25, 0.3) is 0 Å². The van der Waals surface area contributed by atoms with Gasteiger partial charge in [0.15, 0.2) is 0 Å². The summed E-state index contributed by atoms with van der Waals surface area (Å²) >= 11 is 0. The van der Waals surface area contributed by atoms with Gasteiger partial charge < -0.3 is 5.32 Å². The summed E-state index contributed by atoms with van der Waals surface area (Å²) in [6, 6.07) is 9.92. The van der Waals surface area contributed by atoms with E-state index in [0.29, 0.717) is 0 Å². The largest absolute Gasteiger partial charge is 0.396 e. The van der Waals surface area contributed by atoms with E-state index in [-0.39, 0.29) is 4.90 Å². The van der Waals surface area contributed by atoms with Crippen molar-refractivity contribution in [3.63, 3.8) is 0 Å². The van der Waals surface area contributed by atoms with Crippen molar-refractivity contribution in [2.45, 2.75) is 11.8 Å². The average molecular weight is 279 g/mol. The van der Waals surface area contributed by atoms with Crippen molar-refractivity contribution in [2.75, 3.05) is 12.4 Å². The van der Waals surface area contributed by atoms with Gasteiger partial charge in [-0.25, -0.2) is 0 Å². The van der Waals surface area contributed by atoms with Crippen molar-refractivity contribution < 1.29 is 17.4 Å². The third-order valence-corrected chi connectivity index (χ3v) is 3.80. The van der Waals surface area contributed by atoms with Crippen molar-refractivity contribution in [3.8, 4) is 0 Å². The minimum absolute atomic E-state index is 0.128. The van der Waals surface area contributed by atoms with Crippen LogP contribution in [0.3, 0.4) is 0 Å². The van der Waals surface area contributed by atoms with Crippen molar-refractivity contribution >= 4 is 15.8 Å². The Balaban J connectivity index is 2.23. The van der Waals surface area contributed by atoms with Crippen LogP contribution in [0.5, 0.6) is 0 Å². The summed E-state index contributed by atoms with van der Waals surface area (Å²) in [7, 11) is -2.03. The maximum Gasteiger partial charge on any atom is 0.396 e. The molecule has 0 unspecified atom stereocenters. The van der Waals surface area contributed by atoms with E-state index in [0.717, 1.165) is 16.0 Å². The fourth-order valence-electron chi connectivity index (χ4n) is 1.49. The molecular weight excluding hydrogens is 264 g/mol. The molecule has 0 aliphatic carbocycles. The van der Waals surface area contributed by atoms with Gasteiger partial charge >= 0.3 is 10.1 Å². The number of aromatic nitrogens is 1. The minimum Gasteiger partial charge on any atom is -0.388 e. The van der Waals surface area contributed by atoms with Crippen LogP contribution >= 0.6 is 0 Å². The number of benzene rings is 1. The third kappa shape index (κ3) is 3.23. The monoisotopic (exact) mass is 279 g/mol. The molecule has 0 atom stereocenters. The van der Waals surface area contributed by atoms with Crippen LogP contribution < -0.4 is 14.3 Å². The second kappa shape index (κ2) is 5.27. The van der Waals surface area contributed by atoms with Crippen LogP contribution in [0.25, 0.3) is 0 Å². The average Bonchev–Trinajstić information content (AvgIpc) is 2.40. The Kier molecular flexibility index (Phi) is 3.71. The Bertz CT molecular complexity index is 649. The highest BCUT2D eigenvalue weighted by Gasteiger charge is 2.21. The van der Waals surface area contributed by atoms with E-state index in [2.05, 4.69) is 5.32 Å². The lowest BCUT2D eigenvalue weighted by Gasteiger charge is -2.01. The fraction of sp³-hybridized carbons (Fsp3) is 0.154. The lowest BCUT2D eigenvalue weighted by atomic mass is 10.2. The predicted molar refractivity (Wildman–Crippen MR) is 71.1 cm³/mol. The standard InChI is InChI=1S/C13H14N2O3S/c1-11-3-5-13(6-4-11)19(16,17)18-15-9-7-12(14-2)8-10-15/h3-10H,1-2H3/p+1. The zero-order valence-corrected chi connectivity index (χ0v) is 11.5. The second-order valence-electron chi connectivity index (χ2n) is 4.04. The molecule has 0 amide bonds. The molecule has 100 valence electrons. The highest BCUT2D eigenvalue weighted by molar-refractivity contribution is 7.86. The minimum atomic E-state index is -3.81. The molecule has 1 aromatic carbocycles. The number of pyridine rings is 1. The van der Waals surface area contributed by atoms with Gasteiger partial charge in [-0.15, -0.1) is 4.28 Å². The molecule has 2 rings (SSSR count). The number of hydrogen-bond acceptors (Lipinski definition) is 4. The summed E-state index contributed by atoms with van der Waals surface area (Å²) in [5.74, 6) is 0. The molecule has 1 aromatic heterocycles. The van der Waals surface area contributed by atoms with Crippen LogP contribution in [0.15, 0.2) is 53.7 Å². The van der Waals surface area contributed by atoms with E-state index < -0.39 is 10.1 Å². The van der Waals surface area contributed by atoms with Gasteiger partial charge in [0.05, 0.1) is 0 Å². The van der Waals surface area contributed by atoms with Gasteiger partial charge in [-0.1, -0.05) is 17.7 Å². The molecule has 0 aliphatic heterocycles. The lowest BCUT2D eigenvalue weighted by Crippen LogP contribution is -2.44. The first kappa shape index (κ1) is 13.4. The molecule has 5 nitrogen and oxygen atoms in total. The molecule has 0 aliphatic rings. The maximum absolute atomic E-state index is 12.0. The number of hydrogen-bond donors (Lipinski definition) is 1. The van der Waals surface area contributed by atoms with Crippen LogP contribution in [-0.2, 0) is 10.1 Å². The van der Waals surface area contributed by atoms with E-state index >= 15 is 0 Å². The molecule has 0 saturated carbocycles. The second-order valence-corrected chi connectivity index (χ2v) is 5.57. The first-order chi connectivity index (χ1) is 9.01. The molecule has 1 heterocycles. The molecule has 0 fully saturated rings. The van der Waals surface area contributed by atoms with E-state index in [1.165, 1.54) is 24.5 Å². The normalized spacial score (nSPS) is 11.1. The van der Waals surface area contributed by atoms with Crippen molar-refractivity contribution in [1.82, 2.24) is 0 Å². The summed E-state index contributed by atoms with van der Waals surface area (Å²) in [5, 5.41) is 2.94. The van der Waals surface area contributed by atoms with Crippen molar-refractivity contribution in [3.05, 3.63) is 54.4 Å². The van der Waals surface area contributed by atoms with Gasteiger partial charge in [-0.05, 0) is 19.1 Å². The maximum atomic E-state index is 12.0. The predicted octanol–water partition coefficient (Wildman–Crippen LogP) is 1.14. The smallest absolute Gasteiger partial charge is 0.388 e. The Morgan fingerprint density at radius 3 is 2.16 bits per heavy atom. The Morgan fingerprint density at radius 2 is 1.63 bits per heavy atom. The zero-order chi connectivity index (χ0) is 13.9. The van der Waals surface area contributed by atoms with Gasteiger partial charge in [0, 0.05) is 29.6 Å². The number of nitrogens with one attached hydrogen (secondary N) is 1. The van der Waals surface area contributed by atoms with Gasteiger partial charge in [-0.2, -0.15) is 8.42 Å². The highest BCUT2D eigenvalue weighted by atomic mass is 32.2. The summed E-state index contributed by atoms with van der Waals surface area (Å²) in [4.78, 5) is 0.128. The number of anilines is 1. The van der Waals surface area contributed by atoms with Gasteiger partial charge in [0.2, 0.25) is 12.4 Å². The molecule has 0 radical (unpaired) electrons. The molecule has 0 saturated heterocycles. The third-order valence-electron chi connectivity index (χ3n) is 2.58. The number of nitrogens with zero attached hydrogens (tertiary/aromatic N) is 1. The van der Waals surface area contributed by atoms with Crippen LogP contribution in [-0.4, -0.2) is 15.5 Å². The number of rotatable bonds is 4. The Morgan fingerprint density at radius 1 is 1.05 bits per heavy atom. The van der Waals surface area contributed by atoms with Crippen molar-refractivity contribution in [2.24, 2.45) is 0 Å². The SMILES string of the molecule is CNc1cc[n+](OS(=O)(=O)c2ccc(C)cc2)cc1. The van der Waals surface area contributed by atoms with Gasteiger partial charge in [0.1, 0.15) is 4.90 Å². The quantitative estimate of drug-likeness (QED) is 0.853. The summed E-state index contributed by atoms with van der Waals surface area (Å²) in [5.41, 5.74) is 1.86. The van der Waals surface area contributed by atoms with E-state index in [1.807, 2.05) is 6.92 Å². The van der Waals surface area contributed by atoms with Crippen LogP contribution in [0.1, 0.15) is 5.56 Å². The first-order valence-corrected chi connectivity index (χ1v) is 7.13. The number of aryl methyl sites for hydroxylation is 1. The summed E-state index contributed by atoms with van der Waals surface area (Å²) in [6.45, 7) is 1.89. The molecule has 19 heavy (non-hydrogen) atoms. The van der Waals surface area contributed by atoms with E-state index in [1.54, 1.807) is 31.3 Å². The van der Waals surface area contributed by atoms with E-state index in [9.17, 15) is 8.42 Å². The van der Waals surface area contributed by atoms with Crippen LogP contribution in [0, 0.1) is 6.92 Å². The molecular formula is C13H15N2O3S+. The summed E-state index contributed by atoms with van der Waals surface area (Å²) in [6.07, 6.45) is 3.05. The molecule has 0 spiro atoms. The van der Waals surface area contributed by atoms with E-state index in [4.69, 9.17) is 4.28 Å². The molecule has 6 heteroatoms. The topological polar surface area (TPSA) is 59.3 Å². The fourth-order valence-corrected chi connectivity index (χ4v) is 2.37. The Hall–Kier alpha value is -2.08. The Labute approximate surface area is 112 Å². The lowest BCUT2D eigenvalue weighted by molar-refractivity contribution is -0.856. The zero-order valence-electron chi connectivity index (χ0n) is 10.7. The van der Waals surface area contributed by atoms with Gasteiger partial charge in [-0.3, -0.25) is 0 Å². The van der Waals surface area contributed by atoms with Crippen molar-refractivity contribution in [1.29, 1.82) is 0 Å².